The van der Waals surface area contributed by atoms with Crippen molar-refractivity contribution in [2.45, 2.75) is 32.2 Å². The zero-order valence-corrected chi connectivity index (χ0v) is 10.9. The summed E-state index contributed by atoms with van der Waals surface area (Å²) in [5.74, 6) is -0.298. The summed E-state index contributed by atoms with van der Waals surface area (Å²) in [6.07, 6.45) is 3.49. The van der Waals surface area contributed by atoms with Gasteiger partial charge in [-0.25, -0.2) is 4.39 Å². The molecule has 1 heterocycles. The molecule has 1 saturated heterocycles. The third kappa shape index (κ3) is 2.03. The summed E-state index contributed by atoms with van der Waals surface area (Å²) in [7, 11) is 0. The first-order chi connectivity index (χ1) is 7.63. The molecule has 1 aromatic carbocycles. The Morgan fingerprint density at radius 1 is 1.56 bits per heavy atom. The summed E-state index contributed by atoms with van der Waals surface area (Å²) in [4.78, 5) is 2.29. The molecule has 1 aliphatic rings. The van der Waals surface area contributed by atoms with Crippen molar-refractivity contribution in [2.75, 3.05) is 17.2 Å². The maximum absolute atomic E-state index is 13.3. The van der Waals surface area contributed by atoms with Gasteiger partial charge in [0.05, 0.1) is 15.8 Å². The van der Waals surface area contributed by atoms with Gasteiger partial charge >= 0.3 is 0 Å². The molecule has 2 rings (SSSR count). The van der Waals surface area contributed by atoms with Gasteiger partial charge in [-0.2, -0.15) is 0 Å². The molecule has 1 aromatic rings. The average Bonchev–Trinajstić information content (AvgIpc) is 2.71. The number of nitrogens with two attached hydrogens (primary N) is 1. The molecule has 0 amide bonds. The van der Waals surface area contributed by atoms with E-state index in [0.29, 0.717) is 16.2 Å². The molecule has 1 atom stereocenters. The van der Waals surface area contributed by atoms with Crippen LogP contribution in [0.3, 0.4) is 0 Å². The van der Waals surface area contributed by atoms with Crippen molar-refractivity contribution in [1.29, 1.82) is 0 Å². The number of benzene rings is 1. The topological polar surface area (TPSA) is 29.3 Å². The Kier molecular flexibility index (Phi) is 3.38. The van der Waals surface area contributed by atoms with Gasteiger partial charge in [0.2, 0.25) is 0 Å². The lowest BCUT2D eigenvalue weighted by Crippen LogP contribution is -2.29. The van der Waals surface area contributed by atoms with Crippen LogP contribution in [0.25, 0.3) is 0 Å². The van der Waals surface area contributed by atoms with Crippen LogP contribution in [-0.2, 0) is 0 Å². The zero-order chi connectivity index (χ0) is 11.7. The fourth-order valence-corrected chi connectivity index (χ4v) is 2.71. The third-order valence-electron chi connectivity index (χ3n) is 3.23. The smallest absolute Gasteiger partial charge is 0.139 e. The molecule has 1 aliphatic heterocycles. The van der Waals surface area contributed by atoms with E-state index < -0.39 is 0 Å². The standard InChI is InChI=1S/C12H16BrFN2/c1-2-8-4-3-5-16(8)12-6-9(13)10(14)7-11(12)15/h6-8H,2-5,15H2,1H3. The first kappa shape index (κ1) is 11.7. The molecule has 1 fully saturated rings. The van der Waals surface area contributed by atoms with E-state index in [1.165, 1.54) is 18.9 Å². The Morgan fingerprint density at radius 2 is 2.31 bits per heavy atom. The van der Waals surface area contributed by atoms with Gasteiger partial charge in [-0.15, -0.1) is 0 Å². The van der Waals surface area contributed by atoms with E-state index in [2.05, 4.69) is 27.8 Å². The Labute approximate surface area is 104 Å². The molecular formula is C12H16BrFN2. The van der Waals surface area contributed by atoms with Crippen LogP contribution in [0.5, 0.6) is 0 Å². The monoisotopic (exact) mass is 286 g/mol. The van der Waals surface area contributed by atoms with Gasteiger partial charge in [0.15, 0.2) is 0 Å². The molecule has 2 nitrogen and oxygen atoms in total. The summed E-state index contributed by atoms with van der Waals surface area (Å²) in [6.45, 7) is 3.19. The number of nitrogens with zero attached hydrogens (tertiary/aromatic N) is 1. The van der Waals surface area contributed by atoms with Crippen LogP contribution in [0.1, 0.15) is 26.2 Å². The number of hydrogen-bond acceptors (Lipinski definition) is 2. The SMILES string of the molecule is CCC1CCCN1c1cc(Br)c(F)cc1N. The number of nitrogen functional groups attached to an aromatic ring is 1. The Morgan fingerprint density at radius 3 is 3.00 bits per heavy atom. The first-order valence-electron chi connectivity index (χ1n) is 5.64. The second kappa shape index (κ2) is 4.62. The van der Waals surface area contributed by atoms with E-state index in [0.717, 1.165) is 18.7 Å². The Hall–Kier alpha value is -0.770. The molecule has 0 radical (unpaired) electrons. The molecule has 0 saturated carbocycles. The number of rotatable bonds is 2. The molecule has 0 aliphatic carbocycles. The van der Waals surface area contributed by atoms with Gasteiger partial charge in [-0.3, -0.25) is 0 Å². The summed E-state index contributed by atoms with van der Waals surface area (Å²) < 4.78 is 13.8. The van der Waals surface area contributed by atoms with E-state index in [1.54, 1.807) is 6.07 Å². The highest BCUT2D eigenvalue weighted by atomic mass is 79.9. The van der Waals surface area contributed by atoms with Crippen LogP contribution in [-0.4, -0.2) is 12.6 Å². The van der Waals surface area contributed by atoms with Gasteiger partial charge in [0, 0.05) is 18.7 Å². The normalized spacial score (nSPS) is 20.4. The van der Waals surface area contributed by atoms with Gasteiger partial charge in [0.25, 0.3) is 0 Å². The van der Waals surface area contributed by atoms with Gasteiger partial charge in [-0.1, -0.05) is 6.92 Å². The van der Waals surface area contributed by atoms with Crippen molar-refractivity contribution in [1.82, 2.24) is 0 Å². The first-order valence-corrected chi connectivity index (χ1v) is 6.44. The number of halogens is 2. The number of hydrogen-bond donors (Lipinski definition) is 1. The predicted molar refractivity (Wildman–Crippen MR) is 69.2 cm³/mol. The van der Waals surface area contributed by atoms with E-state index in [1.807, 2.05) is 0 Å². The van der Waals surface area contributed by atoms with Gasteiger partial charge in [0.1, 0.15) is 5.82 Å². The van der Waals surface area contributed by atoms with E-state index in [9.17, 15) is 4.39 Å². The predicted octanol–water partition coefficient (Wildman–Crippen LogP) is 3.55. The Bertz CT molecular complexity index is 395. The molecule has 0 bridgehead atoms. The van der Waals surface area contributed by atoms with Crippen LogP contribution in [0.15, 0.2) is 16.6 Å². The largest absolute Gasteiger partial charge is 0.397 e. The highest BCUT2D eigenvalue weighted by Crippen LogP contribution is 2.34. The second-order valence-electron chi connectivity index (χ2n) is 4.22. The fourth-order valence-electron chi connectivity index (χ4n) is 2.38. The van der Waals surface area contributed by atoms with Crippen LogP contribution < -0.4 is 10.6 Å². The minimum Gasteiger partial charge on any atom is -0.397 e. The fraction of sp³-hybridized carbons (Fsp3) is 0.500. The van der Waals surface area contributed by atoms with Crippen molar-refractivity contribution >= 4 is 27.3 Å². The van der Waals surface area contributed by atoms with Crippen LogP contribution >= 0.6 is 15.9 Å². The van der Waals surface area contributed by atoms with Gasteiger partial charge < -0.3 is 10.6 Å². The highest BCUT2D eigenvalue weighted by molar-refractivity contribution is 9.10. The maximum atomic E-state index is 13.3. The van der Waals surface area contributed by atoms with Gasteiger partial charge in [-0.05, 0) is 41.3 Å². The third-order valence-corrected chi connectivity index (χ3v) is 3.84. The number of anilines is 2. The minimum atomic E-state index is -0.298. The molecule has 0 aromatic heterocycles. The lowest BCUT2D eigenvalue weighted by atomic mass is 10.1. The Balaban J connectivity index is 2.36. The molecule has 0 spiro atoms. The molecule has 2 N–H and O–H groups in total. The maximum Gasteiger partial charge on any atom is 0.139 e. The van der Waals surface area contributed by atoms with Crippen molar-refractivity contribution in [3.8, 4) is 0 Å². The van der Waals surface area contributed by atoms with E-state index >= 15 is 0 Å². The summed E-state index contributed by atoms with van der Waals surface area (Å²) in [5.41, 5.74) is 7.37. The summed E-state index contributed by atoms with van der Waals surface area (Å²) >= 11 is 3.21. The molecular weight excluding hydrogens is 271 g/mol. The van der Waals surface area contributed by atoms with Crippen molar-refractivity contribution in [2.24, 2.45) is 0 Å². The van der Waals surface area contributed by atoms with E-state index in [-0.39, 0.29) is 5.82 Å². The average molecular weight is 287 g/mol. The van der Waals surface area contributed by atoms with Crippen molar-refractivity contribution in [3.05, 3.63) is 22.4 Å². The molecule has 4 heteroatoms. The molecule has 16 heavy (non-hydrogen) atoms. The van der Waals surface area contributed by atoms with Crippen molar-refractivity contribution in [3.63, 3.8) is 0 Å². The zero-order valence-electron chi connectivity index (χ0n) is 9.34. The highest BCUT2D eigenvalue weighted by Gasteiger charge is 2.25. The quantitative estimate of drug-likeness (QED) is 0.843. The minimum absolute atomic E-state index is 0.298. The molecule has 1 unspecified atom stereocenters. The van der Waals surface area contributed by atoms with Crippen LogP contribution in [0.2, 0.25) is 0 Å². The summed E-state index contributed by atoms with van der Waals surface area (Å²) in [6, 6.07) is 3.72. The summed E-state index contributed by atoms with van der Waals surface area (Å²) in [5, 5.41) is 0. The second-order valence-corrected chi connectivity index (χ2v) is 5.08. The lowest BCUT2D eigenvalue weighted by Gasteiger charge is -2.27. The van der Waals surface area contributed by atoms with Crippen molar-refractivity contribution < 1.29 is 4.39 Å². The molecule has 88 valence electrons. The van der Waals surface area contributed by atoms with Crippen LogP contribution in [0.4, 0.5) is 15.8 Å². The lowest BCUT2D eigenvalue weighted by molar-refractivity contribution is 0.619. The van der Waals surface area contributed by atoms with Crippen LogP contribution in [0, 0.1) is 5.82 Å². The van der Waals surface area contributed by atoms with E-state index in [4.69, 9.17) is 5.73 Å².